The zero-order chi connectivity index (χ0) is 19.6. The first-order valence-corrected chi connectivity index (χ1v) is 13.8. The Morgan fingerprint density at radius 1 is 0.393 bits per heavy atom. The van der Waals surface area contributed by atoms with Crippen molar-refractivity contribution in [3.8, 4) is 0 Å². The fraction of sp³-hybridized carbons (Fsp3) is 1.00. The first kappa shape index (κ1) is 22.7. The van der Waals surface area contributed by atoms with Crippen LogP contribution < -0.4 is 0 Å². The van der Waals surface area contributed by atoms with E-state index in [1.54, 1.807) is 89.9 Å². The van der Waals surface area contributed by atoms with E-state index in [9.17, 15) is 0 Å². The number of rotatable bonds is 10. The van der Waals surface area contributed by atoms with Crippen LogP contribution in [0.25, 0.3) is 0 Å². The SMILES string of the molecule is CCCCCC1CCC(CCC2CCC(C3CCC(CCC)CC3)CC2)CC1. The molecule has 0 radical (unpaired) electrons. The van der Waals surface area contributed by atoms with E-state index in [1.165, 1.54) is 38.5 Å². The summed E-state index contributed by atoms with van der Waals surface area (Å²) in [6, 6.07) is 0. The highest BCUT2D eigenvalue weighted by molar-refractivity contribution is 4.83. The summed E-state index contributed by atoms with van der Waals surface area (Å²) in [7, 11) is 0. The van der Waals surface area contributed by atoms with Gasteiger partial charge in [-0.25, -0.2) is 0 Å². The summed E-state index contributed by atoms with van der Waals surface area (Å²) >= 11 is 0. The number of hydrogen-bond acceptors (Lipinski definition) is 0. The zero-order valence-electron chi connectivity index (χ0n) is 19.6. The third kappa shape index (κ3) is 7.36. The molecule has 0 spiro atoms. The largest absolute Gasteiger partial charge is 0.0654 e. The van der Waals surface area contributed by atoms with Crippen LogP contribution in [0.1, 0.15) is 142 Å². The predicted octanol–water partition coefficient (Wildman–Crippen LogP) is 9.57. The van der Waals surface area contributed by atoms with Crippen LogP contribution in [0.5, 0.6) is 0 Å². The van der Waals surface area contributed by atoms with E-state index in [1.807, 2.05) is 0 Å². The van der Waals surface area contributed by atoms with Crippen LogP contribution in [-0.4, -0.2) is 0 Å². The average Bonchev–Trinajstić information content (AvgIpc) is 2.75. The standard InChI is InChI=1S/C28H52/c1-3-5-6-8-24-9-11-25(12-10-24)13-14-26-17-21-28(22-18-26)27-19-15-23(7-4-2)16-20-27/h23-28H,3-22H2,1-2H3. The van der Waals surface area contributed by atoms with Crippen LogP contribution in [0, 0.1) is 35.5 Å². The van der Waals surface area contributed by atoms with E-state index in [0.29, 0.717) is 0 Å². The van der Waals surface area contributed by atoms with Gasteiger partial charge in [0.05, 0.1) is 0 Å². The van der Waals surface area contributed by atoms with Gasteiger partial charge in [-0.2, -0.15) is 0 Å². The molecular weight excluding hydrogens is 336 g/mol. The third-order valence-corrected chi connectivity index (χ3v) is 9.31. The Morgan fingerprint density at radius 3 is 1.21 bits per heavy atom. The molecule has 0 nitrogen and oxygen atoms in total. The molecule has 0 aromatic carbocycles. The summed E-state index contributed by atoms with van der Waals surface area (Å²) in [4.78, 5) is 0. The van der Waals surface area contributed by atoms with E-state index in [2.05, 4.69) is 13.8 Å². The van der Waals surface area contributed by atoms with Gasteiger partial charge in [-0.1, -0.05) is 117 Å². The molecule has 0 bridgehead atoms. The van der Waals surface area contributed by atoms with Gasteiger partial charge in [-0.15, -0.1) is 0 Å². The van der Waals surface area contributed by atoms with Gasteiger partial charge < -0.3 is 0 Å². The van der Waals surface area contributed by atoms with E-state index >= 15 is 0 Å². The molecule has 0 aromatic heterocycles. The lowest BCUT2D eigenvalue weighted by atomic mass is 9.68. The molecule has 0 unspecified atom stereocenters. The second-order valence-electron chi connectivity index (χ2n) is 11.3. The molecule has 3 aliphatic rings. The second-order valence-corrected chi connectivity index (χ2v) is 11.3. The monoisotopic (exact) mass is 388 g/mol. The molecule has 3 aliphatic carbocycles. The van der Waals surface area contributed by atoms with Gasteiger partial charge in [0.1, 0.15) is 0 Å². The van der Waals surface area contributed by atoms with Crippen molar-refractivity contribution in [2.45, 2.75) is 142 Å². The summed E-state index contributed by atoms with van der Waals surface area (Å²) in [6.45, 7) is 4.70. The molecule has 3 fully saturated rings. The highest BCUT2D eigenvalue weighted by Gasteiger charge is 2.31. The Morgan fingerprint density at radius 2 is 0.786 bits per heavy atom. The minimum atomic E-state index is 1.08. The second kappa shape index (κ2) is 12.6. The van der Waals surface area contributed by atoms with Crippen molar-refractivity contribution in [3.05, 3.63) is 0 Å². The Hall–Kier alpha value is 0. The maximum atomic E-state index is 2.37. The zero-order valence-corrected chi connectivity index (χ0v) is 19.6. The molecule has 164 valence electrons. The molecule has 0 aromatic rings. The maximum Gasteiger partial charge on any atom is -0.0386 e. The van der Waals surface area contributed by atoms with Crippen LogP contribution >= 0.6 is 0 Å². The summed E-state index contributed by atoms with van der Waals surface area (Å²) in [5, 5.41) is 0. The quantitative estimate of drug-likeness (QED) is 0.327. The maximum absolute atomic E-state index is 2.37. The fourth-order valence-electron chi connectivity index (χ4n) is 7.27. The molecule has 0 atom stereocenters. The topological polar surface area (TPSA) is 0 Å². The molecule has 3 rings (SSSR count). The van der Waals surface area contributed by atoms with Gasteiger partial charge in [0.2, 0.25) is 0 Å². The molecule has 28 heavy (non-hydrogen) atoms. The molecule has 3 saturated carbocycles. The molecule has 0 N–H and O–H groups in total. The number of hydrogen-bond donors (Lipinski definition) is 0. The number of unbranched alkanes of at least 4 members (excludes halogenated alkanes) is 2. The van der Waals surface area contributed by atoms with Crippen LogP contribution in [0.3, 0.4) is 0 Å². The van der Waals surface area contributed by atoms with Gasteiger partial charge >= 0.3 is 0 Å². The van der Waals surface area contributed by atoms with E-state index in [-0.39, 0.29) is 0 Å². The first-order chi connectivity index (χ1) is 13.8. The molecular formula is C28H52. The van der Waals surface area contributed by atoms with Crippen molar-refractivity contribution in [2.24, 2.45) is 35.5 Å². The van der Waals surface area contributed by atoms with Gasteiger partial charge in [-0.3, -0.25) is 0 Å². The van der Waals surface area contributed by atoms with Gasteiger partial charge in [0.15, 0.2) is 0 Å². The molecule has 0 heteroatoms. The third-order valence-electron chi connectivity index (χ3n) is 9.31. The molecule has 0 saturated heterocycles. The average molecular weight is 389 g/mol. The van der Waals surface area contributed by atoms with Crippen molar-refractivity contribution < 1.29 is 0 Å². The lowest BCUT2D eigenvalue weighted by molar-refractivity contribution is 0.136. The highest BCUT2D eigenvalue weighted by atomic mass is 14.4. The Balaban J connectivity index is 1.24. The Labute approximate surface area is 178 Å². The smallest absolute Gasteiger partial charge is 0.0386 e. The van der Waals surface area contributed by atoms with Crippen molar-refractivity contribution in [3.63, 3.8) is 0 Å². The van der Waals surface area contributed by atoms with E-state index in [0.717, 1.165) is 35.5 Å². The minimum Gasteiger partial charge on any atom is -0.0654 e. The van der Waals surface area contributed by atoms with Crippen LogP contribution in [0.4, 0.5) is 0 Å². The lowest BCUT2D eigenvalue weighted by Crippen LogP contribution is -2.26. The van der Waals surface area contributed by atoms with E-state index < -0.39 is 0 Å². The lowest BCUT2D eigenvalue weighted by Gasteiger charge is -2.38. The minimum absolute atomic E-state index is 1.08. The van der Waals surface area contributed by atoms with Crippen LogP contribution in [0.15, 0.2) is 0 Å². The summed E-state index contributed by atoms with van der Waals surface area (Å²) in [6.07, 6.45) is 30.7. The van der Waals surface area contributed by atoms with Crippen LogP contribution in [0.2, 0.25) is 0 Å². The van der Waals surface area contributed by atoms with E-state index in [4.69, 9.17) is 0 Å². The summed E-state index contributed by atoms with van der Waals surface area (Å²) < 4.78 is 0. The predicted molar refractivity (Wildman–Crippen MR) is 125 cm³/mol. The molecule has 0 heterocycles. The van der Waals surface area contributed by atoms with Crippen molar-refractivity contribution in [1.82, 2.24) is 0 Å². The summed E-state index contributed by atoms with van der Waals surface area (Å²) in [5.41, 5.74) is 0. The fourth-order valence-corrected chi connectivity index (χ4v) is 7.27. The molecule has 0 amide bonds. The van der Waals surface area contributed by atoms with Crippen LogP contribution in [-0.2, 0) is 0 Å². The van der Waals surface area contributed by atoms with Crippen molar-refractivity contribution in [2.75, 3.05) is 0 Å². The highest BCUT2D eigenvalue weighted by Crippen LogP contribution is 2.44. The first-order valence-electron chi connectivity index (χ1n) is 13.8. The van der Waals surface area contributed by atoms with Gasteiger partial charge in [-0.05, 0) is 61.2 Å². The Kier molecular flexibility index (Phi) is 10.2. The van der Waals surface area contributed by atoms with Crippen molar-refractivity contribution >= 4 is 0 Å². The van der Waals surface area contributed by atoms with Crippen molar-refractivity contribution in [1.29, 1.82) is 0 Å². The summed E-state index contributed by atoms with van der Waals surface area (Å²) in [5.74, 6) is 6.57. The Bertz CT molecular complexity index is 375. The van der Waals surface area contributed by atoms with Gasteiger partial charge in [0, 0.05) is 0 Å². The molecule has 0 aliphatic heterocycles. The normalized spacial score (nSPS) is 37.1. The van der Waals surface area contributed by atoms with Gasteiger partial charge in [0.25, 0.3) is 0 Å².